The van der Waals surface area contributed by atoms with E-state index in [1.807, 2.05) is 6.07 Å². The summed E-state index contributed by atoms with van der Waals surface area (Å²) in [6.45, 7) is 1.12. The maximum atomic E-state index is 5.64. The number of rotatable bonds is 1. The van der Waals surface area contributed by atoms with Crippen LogP contribution in [0.15, 0.2) is 12.4 Å². The minimum Gasteiger partial charge on any atom is -0.384 e. The lowest BCUT2D eigenvalue weighted by Gasteiger charge is -2.27. The summed E-state index contributed by atoms with van der Waals surface area (Å²) in [7, 11) is 0. The number of hydrogen-bond donors (Lipinski definition) is 1. The van der Waals surface area contributed by atoms with Crippen LogP contribution in [0.5, 0.6) is 0 Å². The fourth-order valence-corrected chi connectivity index (χ4v) is 3.63. The molecule has 2 saturated heterocycles. The molecule has 74 valence electrons. The van der Waals surface area contributed by atoms with Crippen molar-refractivity contribution in [1.82, 2.24) is 9.97 Å². The van der Waals surface area contributed by atoms with E-state index in [0.29, 0.717) is 11.9 Å². The predicted molar refractivity (Wildman–Crippen MR) is 58.4 cm³/mol. The van der Waals surface area contributed by atoms with Crippen LogP contribution in [-0.4, -0.2) is 33.6 Å². The summed E-state index contributed by atoms with van der Waals surface area (Å²) >= 11 is 2.08. The van der Waals surface area contributed by atoms with Gasteiger partial charge in [-0.1, -0.05) is 0 Å². The first-order valence-electron chi connectivity index (χ1n) is 4.79. The van der Waals surface area contributed by atoms with Crippen LogP contribution in [0.2, 0.25) is 0 Å². The third kappa shape index (κ3) is 1.23. The van der Waals surface area contributed by atoms with Gasteiger partial charge in [-0.05, 0) is 6.42 Å². The van der Waals surface area contributed by atoms with Crippen molar-refractivity contribution in [2.45, 2.75) is 17.7 Å². The van der Waals surface area contributed by atoms with Crippen LogP contribution in [0.25, 0.3) is 0 Å². The van der Waals surface area contributed by atoms with Crippen LogP contribution in [0.3, 0.4) is 0 Å². The predicted octanol–water partition coefficient (Wildman–Crippen LogP) is 0.753. The normalized spacial score (nSPS) is 29.9. The highest BCUT2D eigenvalue weighted by Crippen LogP contribution is 2.39. The Morgan fingerprint density at radius 1 is 1.50 bits per heavy atom. The summed E-state index contributed by atoms with van der Waals surface area (Å²) in [5, 5.41) is 0.802. The second-order valence-electron chi connectivity index (χ2n) is 3.80. The number of thioether (sulfide) groups is 1. The molecule has 0 amide bonds. The van der Waals surface area contributed by atoms with Crippen molar-refractivity contribution in [3.05, 3.63) is 12.4 Å². The quantitative estimate of drug-likeness (QED) is 0.738. The molecular formula is C9H12N4S. The lowest BCUT2D eigenvalue weighted by molar-refractivity contribution is 0.751. The molecule has 0 spiro atoms. The zero-order valence-electron chi connectivity index (χ0n) is 7.76. The van der Waals surface area contributed by atoms with E-state index in [2.05, 4.69) is 26.6 Å². The molecule has 2 aliphatic heterocycles. The molecule has 1 aromatic heterocycles. The molecule has 2 fully saturated rings. The SMILES string of the molecule is Nc1cc(N2CC3CC2CS3)ncn1. The van der Waals surface area contributed by atoms with Crippen LogP contribution >= 0.6 is 11.8 Å². The van der Waals surface area contributed by atoms with Crippen LogP contribution in [-0.2, 0) is 0 Å². The first-order chi connectivity index (χ1) is 6.83. The summed E-state index contributed by atoms with van der Waals surface area (Å²) in [5.41, 5.74) is 5.64. The van der Waals surface area contributed by atoms with Crippen molar-refractivity contribution < 1.29 is 0 Å². The van der Waals surface area contributed by atoms with Gasteiger partial charge < -0.3 is 10.6 Å². The van der Waals surface area contributed by atoms with Crippen LogP contribution in [0, 0.1) is 0 Å². The van der Waals surface area contributed by atoms with Crippen LogP contribution < -0.4 is 10.6 Å². The Balaban J connectivity index is 1.89. The van der Waals surface area contributed by atoms with Crippen LogP contribution in [0.4, 0.5) is 11.6 Å². The minimum atomic E-state index is 0.561. The number of nitrogen functional groups attached to an aromatic ring is 1. The van der Waals surface area contributed by atoms with Crippen molar-refractivity contribution in [1.29, 1.82) is 0 Å². The van der Waals surface area contributed by atoms with Crippen molar-refractivity contribution in [2.75, 3.05) is 22.9 Å². The van der Waals surface area contributed by atoms with Gasteiger partial charge in [0.1, 0.15) is 18.0 Å². The lowest BCUT2D eigenvalue weighted by atomic mass is 10.2. The molecule has 2 aliphatic rings. The monoisotopic (exact) mass is 208 g/mol. The smallest absolute Gasteiger partial charge is 0.134 e. The number of fused-ring (bicyclic) bond motifs is 2. The molecule has 2 atom stereocenters. The molecule has 0 aromatic carbocycles. The molecule has 0 saturated carbocycles. The van der Waals surface area contributed by atoms with E-state index in [1.165, 1.54) is 12.2 Å². The fraction of sp³-hybridized carbons (Fsp3) is 0.556. The molecule has 2 N–H and O–H groups in total. The highest BCUT2D eigenvalue weighted by molar-refractivity contribution is 8.00. The van der Waals surface area contributed by atoms with E-state index < -0.39 is 0 Å². The van der Waals surface area contributed by atoms with Gasteiger partial charge in [-0.3, -0.25) is 0 Å². The topological polar surface area (TPSA) is 55.0 Å². The van der Waals surface area contributed by atoms with Gasteiger partial charge in [0.2, 0.25) is 0 Å². The lowest BCUT2D eigenvalue weighted by Crippen LogP contribution is -2.34. The molecule has 14 heavy (non-hydrogen) atoms. The van der Waals surface area contributed by atoms with Gasteiger partial charge in [0, 0.05) is 29.7 Å². The first-order valence-corrected chi connectivity index (χ1v) is 5.83. The van der Waals surface area contributed by atoms with Gasteiger partial charge in [-0.25, -0.2) is 9.97 Å². The molecule has 2 unspecified atom stereocenters. The summed E-state index contributed by atoms with van der Waals surface area (Å²) in [6, 6.07) is 2.53. The third-order valence-electron chi connectivity index (χ3n) is 2.87. The molecule has 0 radical (unpaired) electrons. The van der Waals surface area contributed by atoms with E-state index in [1.54, 1.807) is 6.33 Å². The number of aromatic nitrogens is 2. The standard InChI is InChI=1S/C9H12N4S/c10-8-2-9(12-5-11-8)13-3-7-1-6(13)4-14-7/h2,5-7H,1,3-4H2,(H2,10,11,12). The average Bonchev–Trinajstić information content (AvgIpc) is 2.78. The molecule has 2 bridgehead atoms. The maximum absolute atomic E-state index is 5.64. The summed E-state index contributed by atoms with van der Waals surface area (Å²) in [4.78, 5) is 10.5. The van der Waals surface area contributed by atoms with E-state index >= 15 is 0 Å². The minimum absolute atomic E-state index is 0.561. The Kier molecular flexibility index (Phi) is 1.80. The Labute approximate surface area is 86.9 Å². The van der Waals surface area contributed by atoms with Gasteiger partial charge in [-0.2, -0.15) is 11.8 Å². The number of hydrogen-bond acceptors (Lipinski definition) is 5. The average molecular weight is 208 g/mol. The molecule has 0 aliphatic carbocycles. The van der Waals surface area contributed by atoms with E-state index in [9.17, 15) is 0 Å². The van der Waals surface area contributed by atoms with E-state index in [-0.39, 0.29) is 0 Å². The highest BCUT2D eigenvalue weighted by atomic mass is 32.2. The Bertz CT molecular complexity index is 356. The first kappa shape index (κ1) is 8.35. The summed E-state index contributed by atoms with van der Waals surface area (Å²) < 4.78 is 0. The van der Waals surface area contributed by atoms with E-state index in [4.69, 9.17) is 5.73 Å². The van der Waals surface area contributed by atoms with Gasteiger partial charge in [0.25, 0.3) is 0 Å². The van der Waals surface area contributed by atoms with Crippen molar-refractivity contribution in [3.8, 4) is 0 Å². The molecule has 4 nitrogen and oxygen atoms in total. The Hall–Kier alpha value is -0.970. The van der Waals surface area contributed by atoms with Gasteiger partial charge in [0.15, 0.2) is 0 Å². The van der Waals surface area contributed by atoms with Crippen molar-refractivity contribution in [2.24, 2.45) is 0 Å². The molecular weight excluding hydrogens is 196 g/mol. The molecule has 3 rings (SSSR count). The van der Waals surface area contributed by atoms with E-state index in [0.717, 1.165) is 17.6 Å². The van der Waals surface area contributed by atoms with Crippen LogP contribution in [0.1, 0.15) is 6.42 Å². The maximum Gasteiger partial charge on any atom is 0.134 e. The van der Waals surface area contributed by atoms with Gasteiger partial charge >= 0.3 is 0 Å². The highest BCUT2D eigenvalue weighted by Gasteiger charge is 2.39. The largest absolute Gasteiger partial charge is 0.384 e. The Morgan fingerprint density at radius 2 is 2.43 bits per heavy atom. The van der Waals surface area contributed by atoms with Gasteiger partial charge in [-0.15, -0.1) is 0 Å². The third-order valence-corrected chi connectivity index (χ3v) is 4.26. The van der Waals surface area contributed by atoms with Gasteiger partial charge in [0.05, 0.1) is 0 Å². The molecule has 1 aromatic rings. The number of nitrogens with two attached hydrogens (primary N) is 1. The second-order valence-corrected chi connectivity index (χ2v) is 5.13. The Morgan fingerprint density at radius 3 is 3.07 bits per heavy atom. The molecule has 3 heterocycles. The number of nitrogens with zero attached hydrogens (tertiary/aromatic N) is 3. The zero-order valence-corrected chi connectivity index (χ0v) is 8.57. The number of anilines is 2. The summed E-state index contributed by atoms with van der Waals surface area (Å²) in [5.74, 6) is 2.78. The fourth-order valence-electron chi connectivity index (χ4n) is 2.20. The summed E-state index contributed by atoms with van der Waals surface area (Å²) in [6.07, 6.45) is 2.85. The van der Waals surface area contributed by atoms with Crippen molar-refractivity contribution >= 4 is 23.4 Å². The zero-order chi connectivity index (χ0) is 9.54. The van der Waals surface area contributed by atoms with Crippen molar-refractivity contribution in [3.63, 3.8) is 0 Å². The second kappa shape index (κ2) is 3.02. The molecule has 5 heteroatoms.